The Balaban J connectivity index is 3.15. The lowest BCUT2D eigenvalue weighted by molar-refractivity contribution is -0.136. The minimum Gasteiger partial charge on any atom is -0.481 e. The van der Waals surface area contributed by atoms with Gasteiger partial charge in [0.1, 0.15) is 0 Å². The summed E-state index contributed by atoms with van der Waals surface area (Å²) in [6.07, 6.45) is 13.1. The topological polar surface area (TPSA) is 66.4 Å². The van der Waals surface area contributed by atoms with Crippen LogP contribution in [0.2, 0.25) is 0 Å². The maximum absolute atomic E-state index is 11.4. The molecule has 0 heterocycles. The Morgan fingerprint density at radius 1 is 0.800 bits per heavy atom. The summed E-state index contributed by atoms with van der Waals surface area (Å²) >= 11 is 0. The molecular formula is C16H31NO3. The van der Waals surface area contributed by atoms with Crippen molar-refractivity contribution in [3.8, 4) is 0 Å². The molecule has 0 rings (SSSR count). The highest BCUT2D eigenvalue weighted by atomic mass is 16.4. The van der Waals surface area contributed by atoms with Gasteiger partial charge in [-0.1, -0.05) is 64.7 Å². The van der Waals surface area contributed by atoms with Crippen molar-refractivity contribution in [2.75, 3.05) is 6.54 Å². The molecule has 0 fully saturated rings. The minimum atomic E-state index is -0.871. The zero-order valence-corrected chi connectivity index (χ0v) is 13.0. The van der Waals surface area contributed by atoms with Crippen molar-refractivity contribution in [1.82, 2.24) is 5.32 Å². The van der Waals surface area contributed by atoms with Crippen LogP contribution in [-0.4, -0.2) is 23.5 Å². The second kappa shape index (κ2) is 14.4. The summed E-state index contributed by atoms with van der Waals surface area (Å²) in [5, 5.41) is 11.1. The van der Waals surface area contributed by atoms with E-state index >= 15 is 0 Å². The molecule has 118 valence electrons. The molecule has 0 atom stereocenters. The number of hydrogen-bond acceptors (Lipinski definition) is 2. The van der Waals surface area contributed by atoms with E-state index in [1.807, 2.05) is 0 Å². The third kappa shape index (κ3) is 15.0. The van der Waals surface area contributed by atoms with Gasteiger partial charge in [0, 0.05) is 13.0 Å². The van der Waals surface area contributed by atoms with Gasteiger partial charge < -0.3 is 10.4 Å². The molecule has 4 nitrogen and oxygen atoms in total. The molecule has 0 saturated carbocycles. The first-order valence-electron chi connectivity index (χ1n) is 8.15. The van der Waals surface area contributed by atoms with Gasteiger partial charge in [-0.2, -0.15) is 0 Å². The maximum atomic E-state index is 11.4. The molecule has 0 unspecified atom stereocenters. The van der Waals surface area contributed by atoms with Crippen molar-refractivity contribution in [2.24, 2.45) is 0 Å². The summed E-state index contributed by atoms with van der Waals surface area (Å²) in [5.74, 6) is -0.893. The SMILES string of the molecule is CCCCCCCCCCCCC(=O)NCCC(=O)O. The lowest BCUT2D eigenvalue weighted by Gasteiger charge is -2.04. The summed E-state index contributed by atoms with van der Waals surface area (Å²) in [6, 6.07) is 0. The van der Waals surface area contributed by atoms with Gasteiger partial charge >= 0.3 is 5.97 Å². The van der Waals surface area contributed by atoms with E-state index in [0.717, 1.165) is 12.8 Å². The summed E-state index contributed by atoms with van der Waals surface area (Å²) in [6.45, 7) is 2.48. The fraction of sp³-hybridized carbons (Fsp3) is 0.875. The molecule has 0 bridgehead atoms. The van der Waals surface area contributed by atoms with Gasteiger partial charge in [0.2, 0.25) is 5.91 Å². The normalized spacial score (nSPS) is 10.4. The van der Waals surface area contributed by atoms with Gasteiger partial charge in [-0.25, -0.2) is 0 Å². The molecule has 0 aromatic carbocycles. The van der Waals surface area contributed by atoms with Gasteiger partial charge in [0.25, 0.3) is 0 Å². The molecule has 0 aliphatic rings. The molecule has 0 spiro atoms. The Morgan fingerprint density at radius 2 is 1.30 bits per heavy atom. The van der Waals surface area contributed by atoms with Crippen LogP contribution in [0.4, 0.5) is 0 Å². The van der Waals surface area contributed by atoms with E-state index in [-0.39, 0.29) is 18.9 Å². The molecule has 0 saturated heterocycles. The standard InChI is InChI=1S/C16H31NO3/c1-2-3-4-5-6-7-8-9-10-11-12-15(18)17-14-13-16(19)20/h2-14H2,1H3,(H,17,18)(H,19,20). The molecule has 4 heteroatoms. The van der Waals surface area contributed by atoms with Crippen LogP contribution in [0.5, 0.6) is 0 Å². The average Bonchev–Trinajstić information content (AvgIpc) is 2.40. The van der Waals surface area contributed by atoms with Crippen LogP contribution >= 0.6 is 0 Å². The number of carboxylic acid groups (broad SMARTS) is 1. The van der Waals surface area contributed by atoms with E-state index in [1.165, 1.54) is 51.4 Å². The smallest absolute Gasteiger partial charge is 0.305 e. The summed E-state index contributed by atoms with van der Waals surface area (Å²) in [4.78, 5) is 21.6. The Morgan fingerprint density at radius 3 is 1.80 bits per heavy atom. The first-order chi connectivity index (χ1) is 9.66. The number of carbonyl (C=O) groups excluding carboxylic acids is 1. The molecule has 2 N–H and O–H groups in total. The molecule has 0 radical (unpaired) electrons. The van der Waals surface area contributed by atoms with Gasteiger partial charge in [0.15, 0.2) is 0 Å². The third-order valence-electron chi connectivity index (χ3n) is 3.42. The average molecular weight is 285 g/mol. The summed E-state index contributed by atoms with van der Waals surface area (Å²) < 4.78 is 0. The van der Waals surface area contributed by atoms with E-state index in [9.17, 15) is 9.59 Å². The maximum Gasteiger partial charge on any atom is 0.305 e. The highest BCUT2D eigenvalue weighted by Gasteiger charge is 2.02. The highest BCUT2D eigenvalue weighted by Crippen LogP contribution is 2.11. The number of unbranched alkanes of at least 4 members (excludes halogenated alkanes) is 9. The van der Waals surface area contributed by atoms with Crippen LogP contribution in [0.15, 0.2) is 0 Å². The number of rotatable bonds is 14. The predicted molar refractivity (Wildman–Crippen MR) is 81.7 cm³/mol. The fourth-order valence-corrected chi connectivity index (χ4v) is 2.17. The lowest BCUT2D eigenvalue weighted by Crippen LogP contribution is -2.25. The molecule has 20 heavy (non-hydrogen) atoms. The van der Waals surface area contributed by atoms with E-state index < -0.39 is 5.97 Å². The van der Waals surface area contributed by atoms with Crippen LogP contribution in [0.3, 0.4) is 0 Å². The van der Waals surface area contributed by atoms with E-state index in [4.69, 9.17) is 5.11 Å². The first kappa shape index (κ1) is 18.9. The Bertz CT molecular complexity index is 254. The van der Waals surface area contributed by atoms with Gasteiger partial charge in [-0.05, 0) is 6.42 Å². The molecule has 1 amide bonds. The number of carboxylic acids is 1. The van der Waals surface area contributed by atoms with Crippen molar-refractivity contribution in [2.45, 2.75) is 84.0 Å². The van der Waals surface area contributed by atoms with Crippen LogP contribution in [0.25, 0.3) is 0 Å². The summed E-state index contributed by atoms with van der Waals surface area (Å²) in [5.41, 5.74) is 0. The zero-order chi connectivity index (χ0) is 15.1. The Hall–Kier alpha value is -1.06. The molecule has 0 aromatic rings. The molecule has 0 aliphatic heterocycles. The van der Waals surface area contributed by atoms with Crippen molar-refractivity contribution >= 4 is 11.9 Å². The van der Waals surface area contributed by atoms with Crippen LogP contribution in [0, 0.1) is 0 Å². The Labute approximate surface area is 123 Å². The largest absolute Gasteiger partial charge is 0.481 e. The number of carbonyl (C=O) groups is 2. The highest BCUT2D eigenvalue weighted by molar-refractivity contribution is 5.76. The van der Waals surface area contributed by atoms with Crippen molar-refractivity contribution in [3.05, 3.63) is 0 Å². The number of nitrogens with one attached hydrogen (secondary N) is 1. The van der Waals surface area contributed by atoms with Crippen LogP contribution < -0.4 is 5.32 Å². The molecule has 0 aromatic heterocycles. The number of hydrogen-bond donors (Lipinski definition) is 2. The van der Waals surface area contributed by atoms with Crippen molar-refractivity contribution in [3.63, 3.8) is 0 Å². The van der Waals surface area contributed by atoms with Crippen LogP contribution in [0.1, 0.15) is 84.0 Å². The van der Waals surface area contributed by atoms with E-state index in [0.29, 0.717) is 6.42 Å². The van der Waals surface area contributed by atoms with E-state index in [2.05, 4.69) is 12.2 Å². The third-order valence-corrected chi connectivity index (χ3v) is 3.42. The van der Waals surface area contributed by atoms with Crippen LogP contribution in [-0.2, 0) is 9.59 Å². The lowest BCUT2D eigenvalue weighted by atomic mass is 10.1. The number of amides is 1. The zero-order valence-electron chi connectivity index (χ0n) is 13.0. The van der Waals surface area contributed by atoms with Crippen molar-refractivity contribution < 1.29 is 14.7 Å². The van der Waals surface area contributed by atoms with E-state index in [1.54, 1.807) is 0 Å². The predicted octanol–water partition coefficient (Wildman–Crippen LogP) is 3.89. The second-order valence-corrected chi connectivity index (χ2v) is 5.43. The van der Waals surface area contributed by atoms with Gasteiger partial charge in [-0.3, -0.25) is 9.59 Å². The first-order valence-corrected chi connectivity index (χ1v) is 8.15. The molecular weight excluding hydrogens is 254 g/mol. The summed E-state index contributed by atoms with van der Waals surface area (Å²) in [7, 11) is 0. The minimum absolute atomic E-state index is 0.00374. The van der Waals surface area contributed by atoms with Crippen molar-refractivity contribution in [1.29, 1.82) is 0 Å². The fourth-order valence-electron chi connectivity index (χ4n) is 2.17. The number of aliphatic carboxylic acids is 1. The quantitative estimate of drug-likeness (QED) is 0.476. The second-order valence-electron chi connectivity index (χ2n) is 5.43. The van der Waals surface area contributed by atoms with Gasteiger partial charge in [-0.15, -0.1) is 0 Å². The van der Waals surface area contributed by atoms with Gasteiger partial charge in [0.05, 0.1) is 6.42 Å². The monoisotopic (exact) mass is 285 g/mol. The molecule has 0 aliphatic carbocycles. The Kier molecular flexibility index (Phi) is 13.6.